The maximum absolute atomic E-state index is 12.3. The Hall–Kier alpha value is -0.400. The van der Waals surface area contributed by atoms with E-state index in [1.54, 1.807) is 0 Å². The second-order valence-corrected chi connectivity index (χ2v) is 2.96. The van der Waals surface area contributed by atoms with Crippen LogP contribution in [0.5, 0.6) is 0 Å². The predicted molar refractivity (Wildman–Crippen MR) is 41.8 cm³/mol. The lowest BCUT2D eigenvalue weighted by molar-refractivity contribution is 0.149. The quantitative estimate of drug-likeness (QED) is 0.440. The van der Waals surface area contributed by atoms with Crippen LogP contribution in [-0.2, 0) is 0 Å². The first kappa shape index (κ1) is 9.69. The molecule has 0 aliphatic heterocycles. The van der Waals surface area contributed by atoms with Crippen LogP contribution in [-0.4, -0.2) is 4.98 Å². The maximum atomic E-state index is 12.3. The summed E-state index contributed by atoms with van der Waals surface area (Å²) in [6.45, 7) is 0. The van der Waals surface area contributed by atoms with Gasteiger partial charge in [-0.1, -0.05) is 0 Å². The highest BCUT2D eigenvalue weighted by Crippen LogP contribution is 2.24. The molecule has 0 saturated carbocycles. The fourth-order valence-corrected chi connectivity index (χ4v) is 1.22. The molecule has 1 heterocycles. The summed E-state index contributed by atoms with van der Waals surface area (Å²) in [5, 5.41) is 0. The molecule has 0 saturated heterocycles. The van der Waals surface area contributed by atoms with Gasteiger partial charge in [0.1, 0.15) is 3.70 Å². The third-order valence-corrected chi connectivity index (χ3v) is 2.01. The number of hydrogen-bond acceptors (Lipinski definition) is 1. The van der Waals surface area contributed by atoms with Crippen molar-refractivity contribution in [2.75, 3.05) is 0 Å². The summed E-state index contributed by atoms with van der Waals surface area (Å²) in [7, 11) is 0. The Morgan fingerprint density at radius 2 is 1.92 bits per heavy atom. The minimum absolute atomic E-state index is 0.221. The molecule has 12 heavy (non-hydrogen) atoms. The molecule has 1 aromatic rings. The topological polar surface area (TPSA) is 12.9 Å². The van der Waals surface area contributed by atoms with Gasteiger partial charge in [-0.05, 0) is 28.7 Å². The van der Waals surface area contributed by atoms with Crippen LogP contribution >= 0.6 is 22.6 Å². The highest BCUT2D eigenvalue weighted by Gasteiger charge is 2.16. The molecule has 0 aliphatic rings. The Morgan fingerprint density at radius 1 is 1.33 bits per heavy atom. The van der Waals surface area contributed by atoms with Crippen molar-refractivity contribution in [3.8, 4) is 0 Å². The number of nitrogens with zero attached hydrogens (tertiary/aromatic N) is 1. The summed E-state index contributed by atoms with van der Waals surface area (Å²) in [5.41, 5.74) is -0.588. The van der Waals surface area contributed by atoms with Gasteiger partial charge >= 0.3 is 0 Å². The first-order valence-electron chi connectivity index (χ1n) is 2.82. The molecular weight excluding hydrogens is 289 g/mol. The monoisotopic (exact) mass is 291 g/mol. The summed E-state index contributed by atoms with van der Waals surface area (Å²) in [6, 6.07) is 0.453. The van der Waals surface area contributed by atoms with E-state index in [1.165, 1.54) is 22.6 Å². The van der Waals surface area contributed by atoms with Gasteiger partial charge < -0.3 is 0 Å². The molecule has 0 N–H and O–H groups in total. The Morgan fingerprint density at radius 3 is 2.42 bits per heavy atom. The van der Waals surface area contributed by atoms with Crippen molar-refractivity contribution in [2.24, 2.45) is 0 Å². The predicted octanol–water partition coefficient (Wildman–Crippen LogP) is 2.90. The van der Waals surface area contributed by atoms with Crippen molar-refractivity contribution in [1.29, 1.82) is 0 Å². The Bertz CT molecular complexity index is 302. The van der Waals surface area contributed by atoms with Crippen LogP contribution in [0.15, 0.2) is 6.07 Å². The van der Waals surface area contributed by atoms with Crippen molar-refractivity contribution in [3.63, 3.8) is 0 Å². The fourth-order valence-electron chi connectivity index (χ4n) is 0.613. The molecule has 0 unspecified atom stereocenters. The minimum Gasteiger partial charge on any atom is -0.211 e. The van der Waals surface area contributed by atoms with E-state index in [0.29, 0.717) is 6.07 Å². The van der Waals surface area contributed by atoms with Crippen LogP contribution in [0, 0.1) is 15.5 Å². The number of alkyl halides is 2. The molecule has 66 valence electrons. The van der Waals surface area contributed by atoms with Crippen molar-refractivity contribution >= 4 is 22.6 Å². The summed E-state index contributed by atoms with van der Waals surface area (Å²) in [4.78, 5) is 2.96. The van der Waals surface area contributed by atoms with E-state index < -0.39 is 23.8 Å². The molecule has 0 aromatic carbocycles. The average Bonchev–Trinajstić information content (AvgIpc) is 1.96. The Labute approximate surface area is 78.9 Å². The molecular formula is C6H2F4IN. The highest BCUT2D eigenvalue weighted by atomic mass is 127. The normalized spacial score (nSPS) is 10.8. The van der Waals surface area contributed by atoms with Crippen molar-refractivity contribution < 1.29 is 17.6 Å². The van der Waals surface area contributed by atoms with E-state index in [0.717, 1.165) is 0 Å². The van der Waals surface area contributed by atoms with Crippen LogP contribution in [0.4, 0.5) is 17.6 Å². The molecule has 0 aliphatic carbocycles. The first-order chi connectivity index (χ1) is 5.52. The average molecular weight is 291 g/mol. The van der Waals surface area contributed by atoms with Gasteiger partial charge in [0, 0.05) is 0 Å². The van der Waals surface area contributed by atoms with Crippen molar-refractivity contribution in [1.82, 2.24) is 4.98 Å². The SMILES string of the molecule is Fc1cc(C(F)F)c(I)nc1F. The van der Waals surface area contributed by atoms with Gasteiger partial charge in [0.15, 0.2) is 5.82 Å². The van der Waals surface area contributed by atoms with E-state index in [1.807, 2.05) is 0 Å². The van der Waals surface area contributed by atoms with Crippen LogP contribution in [0.3, 0.4) is 0 Å². The molecule has 0 bridgehead atoms. The smallest absolute Gasteiger partial charge is 0.211 e. The molecule has 0 radical (unpaired) electrons. The second-order valence-electron chi connectivity index (χ2n) is 1.94. The van der Waals surface area contributed by atoms with E-state index in [4.69, 9.17) is 0 Å². The molecule has 0 amide bonds. The lowest BCUT2D eigenvalue weighted by Gasteiger charge is -2.01. The molecule has 1 aromatic heterocycles. The summed E-state index contributed by atoms with van der Waals surface area (Å²) in [5.74, 6) is -2.71. The lowest BCUT2D eigenvalue weighted by Crippen LogP contribution is -1.99. The van der Waals surface area contributed by atoms with Gasteiger partial charge in [-0.2, -0.15) is 4.39 Å². The van der Waals surface area contributed by atoms with E-state index in [2.05, 4.69) is 4.98 Å². The Balaban J connectivity index is 3.23. The standard InChI is InChI=1S/C6H2F4IN/c7-3-1-2(4(8)9)6(11)12-5(3)10/h1,4H. The number of hydrogen-bond donors (Lipinski definition) is 0. The molecule has 6 heteroatoms. The summed E-state index contributed by atoms with van der Waals surface area (Å²) in [6.07, 6.45) is -2.83. The van der Waals surface area contributed by atoms with Gasteiger partial charge in [0.25, 0.3) is 6.43 Å². The molecule has 0 atom stereocenters. The van der Waals surface area contributed by atoms with E-state index in [9.17, 15) is 17.6 Å². The lowest BCUT2D eigenvalue weighted by atomic mass is 10.3. The number of rotatable bonds is 1. The number of aromatic nitrogens is 1. The number of pyridine rings is 1. The molecule has 1 rings (SSSR count). The summed E-state index contributed by atoms with van der Waals surface area (Å²) >= 11 is 1.42. The molecule has 0 spiro atoms. The molecule has 0 fully saturated rings. The summed E-state index contributed by atoms with van der Waals surface area (Å²) < 4.78 is 48.4. The zero-order valence-electron chi connectivity index (χ0n) is 5.49. The molecule has 1 nitrogen and oxygen atoms in total. The van der Waals surface area contributed by atoms with Crippen molar-refractivity contribution in [2.45, 2.75) is 6.43 Å². The maximum Gasteiger partial charge on any atom is 0.266 e. The van der Waals surface area contributed by atoms with E-state index in [-0.39, 0.29) is 3.70 Å². The van der Waals surface area contributed by atoms with Crippen LogP contribution in [0.1, 0.15) is 12.0 Å². The minimum atomic E-state index is -2.83. The van der Waals surface area contributed by atoms with Gasteiger partial charge in [-0.15, -0.1) is 0 Å². The van der Waals surface area contributed by atoms with E-state index >= 15 is 0 Å². The third kappa shape index (κ3) is 1.85. The number of halogens is 5. The third-order valence-electron chi connectivity index (χ3n) is 1.15. The van der Waals surface area contributed by atoms with Gasteiger partial charge in [0.2, 0.25) is 5.95 Å². The fraction of sp³-hybridized carbons (Fsp3) is 0.167. The van der Waals surface area contributed by atoms with Crippen molar-refractivity contribution in [3.05, 3.63) is 27.1 Å². The Kier molecular flexibility index (Phi) is 2.86. The van der Waals surface area contributed by atoms with Crippen LogP contribution in [0.25, 0.3) is 0 Å². The first-order valence-corrected chi connectivity index (χ1v) is 3.90. The zero-order valence-corrected chi connectivity index (χ0v) is 7.65. The van der Waals surface area contributed by atoms with Gasteiger partial charge in [-0.25, -0.2) is 18.2 Å². The van der Waals surface area contributed by atoms with Crippen LogP contribution in [0.2, 0.25) is 0 Å². The van der Waals surface area contributed by atoms with Crippen LogP contribution < -0.4 is 0 Å². The highest BCUT2D eigenvalue weighted by molar-refractivity contribution is 14.1. The van der Waals surface area contributed by atoms with Gasteiger partial charge in [-0.3, -0.25) is 0 Å². The van der Waals surface area contributed by atoms with Gasteiger partial charge in [0.05, 0.1) is 5.56 Å². The largest absolute Gasteiger partial charge is 0.266 e. The zero-order chi connectivity index (χ0) is 9.30. The second kappa shape index (κ2) is 3.55.